The van der Waals surface area contributed by atoms with E-state index in [1.807, 2.05) is 6.92 Å². The first-order valence-corrected chi connectivity index (χ1v) is 5.75. The van der Waals surface area contributed by atoms with E-state index in [0.717, 1.165) is 12.8 Å². The van der Waals surface area contributed by atoms with Gasteiger partial charge in [-0.2, -0.15) is 0 Å². The van der Waals surface area contributed by atoms with Crippen molar-refractivity contribution in [1.29, 1.82) is 0 Å². The van der Waals surface area contributed by atoms with Gasteiger partial charge in [0.05, 0.1) is 6.04 Å². The summed E-state index contributed by atoms with van der Waals surface area (Å²) in [5.74, 6) is 0.0518. The monoisotopic (exact) mass is 218 g/mol. The number of amides is 1. The molecule has 2 N–H and O–H groups in total. The van der Waals surface area contributed by atoms with Crippen molar-refractivity contribution in [2.75, 3.05) is 7.05 Å². The van der Waals surface area contributed by atoms with Gasteiger partial charge in [0.25, 0.3) is 0 Å². The molecule has 0 spiro atoms. The molecule has 1 atom stereocenters. The van der Waals surface area contributed by atoms with Crippen molar-refractivity contribution >= 4 is 5.91 Å². The van der Waals surface area contributed by atoms with Gasteiger partial charge in [0.1, 0.15) is 0 Å². The molecule has 1 aliphatic carbocycles. The number of benzene rings is 1. The van der Waals surface area contributed by atoms with Crippen molar-refractivity contribution in [1.82, 2.24) is 10.6 Å². The molecule has 86 valence electrons. The molecule has 16 heavy (non-hydrogen) atoms. The fraction of sp³-hybridized carbons (Fsp3) is 0.462. The SMILES string of the molecule is CNC(=O)[C@@H](C)NC1Cc2ccccc2C1. The number of carbonyl (C=O) groups is 1. The van der Waals surface area contributed by atoms with E-state index < -0.39 is 0 Å². The first kappa shape index (κ1) is 11.1. The van der Waals surface area contributed by atoms with Crippen LogP contribution in [0, 0.1) is 0 Å². The van der Waals surface area contributed by atoms with Crippen LogP contribution < -0.4 is 10.6 Å². The molecule has 3 heteroatoms. The van der Waals surface area contributed by atoms with Crippen LogP contribution in [-0.2, 0) is 17.6 Å². The number of hydrogen-bond donors (Lipinski definition) is 2. The Morgan fingerprint density at radius 2 is 1.88 bits per heavy atom. The van der Waals surface area contributed by atoms with Crippen molar-refractivity contribution in [3.05, 3.63) is 35.4 Å². The second-order valence-corrected chi connectivity index (χ2v) is 4.38. The molecule has 1 amide bonds. The Kier molecular flexibility index (Phi) is 3.25. The van der Waals surface area contributed by atoms with Crippen molar-refractivity contribution in [3.8, 4) is 0 Å². The summed E-state index contributed by atoms with van der Waals surface area (Å²) in [6.07, 6.45) is 2.05. The lowest BCUT2D eigenvalue weighted by atomic mass is 10.1. The highest BCUT2D eigenvalue weighted by Gasteiger charge is 2.23. The molecule has 1 aliphatic rings. The number of nitrogens with one attached hydrogen (secondary N) is 2. The van der Waals surface area contributed by atoms with Gasteiger partial charge in [-0.05, 0) is 30.9 Å². The van der Waals surface area contributed by atoms with Crippen LogP contribution >= 0.6 is 0 Å². The Hall–Kier alpha value is -1.35. The fourth-order valence-corrected chi connectivity index (χ4v) is 2.32. The van der Waals surface area contributed by atoms with Crippen LogP contribution in [0.3, 0.4) is 0 Å². The lowest BCUT2D eigenvalue weighted by Crippen LogP contribution is -2.45. The van der Waals surface area contributed by atoms with E-state index in [-0.39, 0.29) is 11.9 Å². The fourth-order valence-electron chi connectivity index (χ4n) is 2.32. The summed E-state index contributed by atoms with van der Waals surface area (Å²) in [5.41, 5.74) is 2.81. The molecule has 1 aromatic carbocycles. The first-order valence-electron chi connectivity index (χ1n) is 5.75. The van der Waals surface area contributed by atoms with Gasteiger partial charge >= 0.3 is 0 Å². The third kappa shape index (κ3) is 2.25. The van der Waals surface area contributed by atoms with Crippen LogP contribution in [0.2, 0.25) is 0 Å². The standard InChI is InChI=1S/C13H18N2O/c1-9(13(16)14-2)15-12-7-10-5-3-4-6-11(10)8-12/h3-6,9,12,15H,7-8H2,1-2H3,(H,14,16)/t9-/m1/s1. The van der Waals surface area contributed by atoms with Crippen molar-refractivity contribution in [3.63, 3.8) is 0 Å². The normalized spacial score (nSPS) is 16.9. The molecular formula is C13H18N2O. The largest absolute Gasteiger partial charge is 0.358 e. The molecule has 0 heterocycles. The summed E-state index contributed by atoms with van der Waals surface area (Å²) in [6, 6.07) is 8.75. The lowest BCUT2D eigenvalue weighted by molar-refractivity contribution is -0.122. The van der Waals surface area contributed by atoms with Crippen LogP contribution in [0.4, 0.5) is 0 Å². The van der Waals surface area contributed by atoms with E-state index in [0.29, 0.717) is 6.04 Å². The average molecular weight is 218 g/mol. The van der Waals surface area contributed by atoms with E-state index in [1.165, 1.54) is 11.1 Å². The quantitative estimate of drug-likeness (QED) is 0.790. The van der Waals surface area contributed by atoms with Crippen molar-refractivity contribution in [2.24, 2.45) is 0 Å². The maximum atomic E-state index is 11.4. The summed E-state index contributed by atoms with van der Waals surface area (Å²) in [7, 11) is 1.67. The molecule has 2 rings (SSSR count). The number of carbonyl (C=O) groups excluding carboxylic acids is 1. The molecule has 0 fully saturated rings. The number of likely N-dealkylation sites (N-methyl/N-ethyl adjacent to an activating group) is 1. The van der Waals surface area contributed by atoms with E-state index in [4.69, 9.17) is 0 Å². The van der Waals surface area contributed by atoms with Crippen LogP contribution in [0.25, 0.3) is 0 Å². The molecule has 0 saturated heterocycles. The zero-order valence-electron chi connectivity index (χ0n) is 9.79. The van der Waals surface area contributed by atoms with Crippen LogP contribution in [-0.4, -0.2) is 25.0 Å². The zero-order valence-corrected chi connectivity index (χ0v) is 9.79. The van der Waals surface area contributed by atoms with Gasteiger partial charge in [-0.1, -0.05) is 24.3 Å². The van der Waals surface area contributed by atoms with Crippen molar-refractivity contribution in [2.45, 2.75) is 31.8 Å². The van der Waals surface area contributed by atoms with Gasteiger partial charge in [-0.15, -0.1) is 0 Å². The zero-order chi connectivity index (χ0) is 11.5. The topological polar surface area (TPSA) is 41.1 Å². The average Bonchev–Trinajstić information content (AvgIpc) is 2.69. The van der Waals surface area contributed by atoms with Crippen molar-refractivity contribution < 1.29 is 4.79 Å². The molecule has 3 nitrogen and oxygen atoms in total. The smallest absolute Gasteiger partial charge is 0.236 e. The number of hydrogen-bond acceptors (Lipinski definition) is 2. The van der Waals surface area contributed by atoms with Gasteiger partial charge in [0.15, 0.2) is 0 Å². The van der Waals surface area contributed by atoms with E-state index in [1.54, 1.807) is 7.05 Å². The van der Waals surface area contributed by atoms with E-state index >= 15 is 0 Å². The van der Waals surface area contributed by atoms with Crippen LogP contribution in [0.1, 0.15) is 18.1 Å². The molecule has 0 saturated carbocycles. The molecule has 0 unspecified atom stereocenters. The molecule has 0 aliphatic heterocycles. The Balaban J connectivity index is 1.94. The van der Waals surface area contributed by atoms with Gasteiger partial charge in [-0.3, -0.25) is 4.79 Å². The van der Waals surface area contributed by atoms with Gasteiger partial charge < -0.3 is 10.6 Å². The van der Waals surface area contributed by atoms with Gasteiger partial charge in [-0.25, -0.2) is 0 Å². The second-order valence-electron chi connectivity index (χ2n) is 4.38. The maximum Gasteiger partial charge on any atom is 0.236 e. The summed E-state index contributed by atoms with van der Waals surface area (Å²) < 4.78 is 0. The van der Waals surface area contributed by atoms with E-state index in [2.05, 4.69) is 34.9 Å². The first-order chi connectivity index (χ1) is 7.70. The predicted molar refractivity (Wildman–Crippen MR) is 64.3 cm³/mol. The van der Waals surface area contributed by atoms with Crippen LogP contribution in [0.5, 0.6) is 0 Å². The van der Waals surface area contributed by atoms with Gasteiger partial charge in [0, 0.05) is 13.1 Å². The molecule has 0 aromatic heterocycles. The summed E-state index contributed by atoms with van der Waals surface area (Å²) in [4.78, 5) is 11.4. The molecular weight excluding hydrogens is 200 g/mol. The Morgan fingerprint density at radius 1 is 1.31 bits per heavy atom. The minimum Gasteiger partial charge on any atom is -0.358 e. The number of rotatable bonds is 3. The van der Waals surface area contributed by atoms with E-state index in [9.17, 15) is 4.79 Å². The number of fused-ring (bicyclic) bond motifs is 1. The van der Waals surface area contributed by atoms with Crippen LogP contribution in [0.15, 0.2) is 24.3 Å². The second kappa shape index (κ2) is 4.66. The predicted octanol–water partition coefficient (Wildman–Crippen LogP) is 0.878. The Morgan fingerprint density at radius 3 is 2.38 bits per heavy atom. The highest BCUT2D eigenvalue weighted by molar-refractivity contribution is 5.81. The highest BCUT2D eigenvalue weighted by Crippen LogP contribution is 2.21. The summed E-state index contributed by atoms with van der Waals surface area (Å²) >= 11 is 0. The summed E-state index contributed by atoms with van der Waals surface area (Å²) in [5, 5.41) is 6.02. The van der Waals surface area contributed by atoms with Gasteiger partial charge in [0.2, 0.25) is 5.91 Å². The molecule has 1 aromatic rings. The molecule has 0 bridgehead atoms. The highest BCUT2D eigenvalue weighted by atomic mass is 16.2. The third-order valence-corrected chi connectivity index (χ3v) is 3.18. The maximum absolute atomic E-state index is 11.4. The Labute approximate surface area is 96.2 Å². The molecule has 0 radical (unpaired) electrons. The lowest BCUT2D eigenvalue weighted by Gasteiger charge is -2.17. The minimum absolute atomic E-state index is 0.0518. The summed E-state index contributed by atoms with van der Waals surface area (Å²) in [6.45, 7) is 1.90. The minimum atomic E-state index is -0.121. The Bertz CT molecular complexity index is 364. The third-order valence-electron chi connectivity index (χ3n) is 3.18.